The Morgan fingerprint density at radius 3 is 2.55 bits per heavy atom. The third kappa shape index (κ3) is 3.57. The third-order valence-electron chi connectivity index (χ3n) is 6.00. The van der Waals surface area contributed by atoms with Gasteiger partial charge in [-0.3, -0.25) is 9.59 Å². The monoisotopic (exact) mass is 396 g/mol. The molecule has 4 rings (SSSR count). The molecule has 0 aliphatic carbocycles. The molecule has 0 radical (unpaired) electrons. The molecule has 7 heteroatoms. The Labute approximate surface area is 169 Å². The lowest BCUT2D eigenvalue weighted by Crippen LogP contribution is -2.36. The summed E-state index contributed by atoms with van der Waals surface area (Å²) in [6.07, 6.45) is 1.61. The molecule has 152 valence electrons. The first kappa shape index (κ1) is 19.4. The Morgan fingerprint density at radius 1 is 1.14 bits per heavy atom. The van der Waals surface area contributed by atoms with Gasteiger partial charge in [-0.1, -0.05) is 12.1 Å². The van der Waals surface area contributed by atoms with Crippen molar-refractivity contribution >= 4 is 17.6 Å². The predicted molar refractivity (Wildman–Crippen MR) is 108 cm³/mol. The number of aromatic nitrogens is 1. The topological polar surface area (TPSA) is 56.8 Å². The van der Waals surface area contributed by atoms with Crippen molar-refractivity contribution in [2.75, 3.05) is 38.6 Å². The van der Waals surface area contributed by atoms with E-state index in [1.807, 2.05) is 40.9 Å². The maximum Gasteiger partial charge on any atom is 0.255 e. The first-order chi connectivity index (χ1) is 13.8. The number of pyridine rings is 1. The molecular weight excluding hydrogens is 371 g/mol. The van der Waals surface area contributed by atoms with E-state index < -0.39 is 0 Å². The Kier molecular flexibility index (Phi) is 4.98. The maximum absolute atomic E-state index is 13.8. The van der Waals surface area contributed by atoms with E-state index in [2.05, 4.69) is 4.98 Å². The van der Waals surface area contributed by atoms with Gasteiger partial charge in [0.15, 0.2) is 0 Å². The minimum absolute atomic E-state index is 0.0185. The molecule has 2 amide bonds. The van der Waals surface area contributed by atoms with Crippen LogP contribution in [0.25, 0.3) is 0 Å². The summed E-state index contributed by atoms with van der Waals surface area (Å²) in [6.45, 7) is 3.27. The van der Waals surface area contributed by atoms with E-state index >= 15 is 0 Å². The first-order valence-corrected chi connectivity index (χ1v) is 9.80. The number of likely N-dealkylation sites (tertiary alicyclic amines) is 2. The summed E-state index contributed by atoms with van der Waals surface area (Å²) >= 11 is 0. The van der Waals surface area contributed by atoms with Crippen LogP contribution in [0.1, 0.15) is 28.9 Å². The second-order valence-electron chi connectivity index (χ2n) is 8.10. The fraction of sp³-hybridized carbons (Fsp3) is 0.409. The number of halogens is 1. The minimum Gasteiger partial charge on any atom is -0.363 e. The van der Waals surface area contributed by atoms with Crippen LogP contribution in [0.5, 0.6) is 0 Å². The summed E-state index contributed by atoms with van der Waals surface area (Å²) in [7, 11) is 3.80. The van der Waals surface area contributed by atoms with E-state index in [9.17, 15) is 14.0 Å². The van der Waals surface area contributed by atoms with Crippen LogP contribution in [-0.4, -0.2) is 60.3 Å². The van der Waals surface area contributed by atoms with Crippen LogP contribution < -0.4 is 4.90 Å². The van der Waals surface area contributed by atoms with Crippen LogP contribution in [0.4, 0.5) is 10.2 Å². The SMILES string of the molecule is CC(=O)N1C[C@H]2CN(C(=O)c3ccc(N(C)C)nc3)C[C@H]2[C@@H]1c1cccc(F)c1. The Hall–Kier alpha value is -2.96. The molecule has 1 aromatic heterocycles. The van der Waals surface area contributed by atoms with E-state index in [4.69, 9.17) is 0 Å². The standard InChI is InChI=1S/C22H25FN4O2/c1-14(28)27-12-17-11-26(22(29)16-7-8-20(24-10-16)25(2)3)13-19(17)21(27)15-5-4-6-18(23)9-15/h4-10,17,19,21H,11-13H2,1-3H3/t17-,19-,21+/m1/s1. The van der Waals surface area contributed by atoms with Crippen LogP contribution in [-0.2, 0) is 4.79 Å². The van der Waals surface area contributed by atoms with E-state index in [0.29, 0.717) is 25.2 Å². The van der Waals surface area contributed by atoms with E-state index in [1.54, 1.807) is 25.3 Å². The second kappa shape index (κ2) is 7.46. The van der Waals surface area contributed by atoms with Crippen molar-refractivity contribution in [2.45, 2.75) is 13.0 Å². The summed E-state index contributed by atoms with van der Waals surface area (Å²) in [4.78, 5) is 35.1. The summed E-state index contributed by atoms with van der Waals surface area (Å²) in [6, 6.07) is 9.86. The molecule has 0 N–H and O–H groups in total. The van der Waals surface area contributed by atoms with Crippen LogP contribution in [0.2, 0.25) is 0 Å². The number of benzene rings is 1. The van der Waals surface area contributed by atoms with Crippen LogP contribution in [0, 0.1) is 17.7 Å². The zero-order chi connectivity index (χ0) is 20.7. The van der Waals surface area contributed by atoms with Crippen molar-refractivity contribution in [1.29, 1.82) is 0 Å². The molecule has 6 nitrogen and oxygen atoms in total. The molecule has 0 saturated carbocycles. The minimum atomic E-state index is -0.313. The van der Waals surface area contributed by atoms with Crippen molar-refractivity contribution in [2.24, 2.45) is 11.8 Å². The van der Waals surface area contributed by atoms with Crippen molar-refractivity contribution < 1.29 is 14.0 Å². The largest absolute Gasteiger partial charge is 0.363 e. The van der Waals surface area contributed by atoms with Crippen molar-refractivity contribution in [3.05, 3.63) is 59.5 Å². The van der Waals surface area contributed by atoms with Gasteiger partial charge in [-0.15, -0.1) is 0 Å². The Balaban J connectivity index is 1.56. The van der Waals surface area contributed by atoms with Crippen molar-refractivity contribution in [1.82, 2.24) is 14.8 Å². The maximum atomic E-state index is 13.8. The average Bonchev–Trinajstić information content (AvgIpc) is 3.25. The quantitative estimate of drug-likeness (QED) is 0.800. The summed E-state index contributed by atoms with van der Waals surface area (Å²) in [5, 5.41) is 0. The highest BCUT2D eigenvalue weighted by Gasteiger charge is 2.49. The van der Waals surface area contributed by atoms with Crippen molar-refractivity contribution in [3.8, 4) is 0 Å². The van der Waals surface area contributed by atoms with Gasteiger partial charge >= 0.3 is 0 Å². The lowest BCUT2D eigenvalue weighted by Gasteiger charge is -2.29. The molecule has 29 heavy (non-hydrogen) atoms. The van der Waals surface area contributed by atoms with Crippen molar-refractivity contribution in [3.63, 3.8) is 0 Å². The van der Waals surface area contributed by atoms with Gasteiger partial charge in [-0.2, -0.15) is 0 Å². The smallest absolute Gasteiger partial charge is 0.255 e. The number of nitrogens with zero attached hydrogens (tertiary/aromatic N) is 4. The average molecular weight is 396 g/mol. The molecular formula is C22H25FN4O2. The van der Waals surface area contributed by atoms with Crippen LogP contribution >= 0.6 is 0 Å². The molecule has 1 aromatic carbocycles. The van der Waals surface area contributed by atoms with E-state index in [0.717, 1.165) is 11.4 Å². The molecule has 2 fully saturated rings. The third-order valence-corrected chi connectivity index (χ3v) is 6.00. The highest BCUT2D eigenvalue weighted by Crippen LogP contribution is 2.45. The molecule has 0 spiro atoms. The van der Waals surface area contributed by atoms with Crippen LogP contribution in [0.3, 0.4) is 0 Å². The molecule has 0 bridgehead atoms. The molecule has 0 unspecified atom stereocenters. The number of carbonyl (C=O) groups is 2. The fourth-order valence-electron chi connectivity index (χ4n) is 4.61. The molecule has 3 atom stereocenters. The second-order valence-corrected chi connectivity index (χ2v) is 8.10. The summed E-state index contributed by atoms with van der Waals surface area (Å²) in [5.74, 6) is 0.693. The van der Waals surface area contributed by atoms with Gasteiger partial charge in [-0.25, -0.2) is 9.37 Å². The number of fused-ring (bicyclic) bond motifs is 1. The molecule has 2 aliphatic heterocycles. The van der Waals surface area contributed by atoms with Gasteiger partial charge in [0.25, 0.3) is 5.91 Å². The summed E-state index contributed by atoms with van der Waals surface area (Å²) in [5.41, 5.74) is 1.35. The number of amides is 2. The molecule has 3 heterocycles. The number of carbonyl (C=O) groups excluding carboxylic acids is 2. The number of hydrogen-bond acceptors (Lipinski definition) is 4. The number of rotatable bonds is 3. The van der Waals surface area contributed by atoms with E-state index in [1.165, 1.54) is 12.1 Å². The summed E-state index contributed by atoms with van der Waals surface area (Å²) < 4.78 is 13.8. The first-order valence-electron chi connectivity index (χ1n) is 9.80. The normalized spacial score (nSPS) is 23.2. The number of hydrogen-bond donors (Lipinski definition) is 0. The fourth-order valence-corrected chi connectivity index (χ4v) is 4.61. The molecule has 2 saturated heterocycles. The highest BCUT2D eigenvalue weighted by atomic mass is 19.1. The lowest BCUT2D eigenvalue weighted by molar-refractivity contribution is -0.130. The zero-order valence-electron chi connectivity index (χ0n) is 16.9. The van der Waals surface area contributed by atoms with E-state index in [-0.39, 0.29) is 35.5 Å². The van der Waals surface area contributed by atoms with Gasteiger partial charge in [0.2, 0.25) is 5.91 Å². The highest BCUT2D eigenvalue weighted by molar-refractivity contribution is 5.94. The molecule has 2 aliphatic rings. The van der Waals surface area contributed by atoms with Gasteiger partial charge in [0.1, 0.15) is 11.6 Å². The van der Waals surface area contributed by atoms with Gasteiger partial charge in [-0.05, 0) is 29.8 Å². The van der Waals surface area contributed by atoms with Gasteiger partial charge in [0, 0.05) is 58.7 Å². The lowest BCUT2D eigenvalue weighted by atomic mass is 9.89. The Bertz CT molecular complexity index is 931. The zero-order valence-corrected chi connectivity index (χ0v) is 16.9. The Morgan fingerprint density at radius 2 is 1.93 bits per heavy atom. The van der Waals surface area contributed by atoms with Crippen LogP contribution in [0.15, 0.2) is 42.6 Å². The van der Waals surface area contributed by atoms with Gasteiger partial charge < -0.3 is 14.7 Å². The van der Waals surface area contributed by atoms with Gasteiger partial charge in [0.05, 0.1) is 11.6 Å². The number of anilines is 1. The predicted octanol–water partition coefficient (Wildman–Crippen LogP) is 2.58. The molecule has 2 aromatic rings.